The van der Waals surface area contributed by atoms with Gasteiger partial charge in [-0.05, 0) is 45.4 Å². The Labute approximate surface area is 93.3 Å². The van der Waals surface area contributed by atoms with Gasteiger partial charge in [-0.25, -0.2) is 0 Å². The zero-order chi connectivity index (χ0) is 11.3. The first kappa shape index (κ1) is 12.2. The quantitative estimate of drug-likeness (QED) is 0.503. The lowest BCUT2D eigenvalue weighted by molar-refractivity contribution is -0.117. The van der Waals surface area contributed by atoms with Crippen molar-refractivity contribution in [3.05, 3.63) is 23.8 Å². The fraction of sp³-hybridized carbons (Fsp3) is 0.643. The monoisotopic (exact) mass is 206 g/mol. The second kappa shape index (κ2) is 5.29. The van der Waals surface area contributed by atoms with E-state index in [0.717, 1.165) is 32.0 Å². The molecule has 1 aliphatic carbocycles. The van der Waals surface area contributed by atoms with Crippen LogP contribution in [-0.4, -0.2) is 6.29 Å². The molecule has 0 amide bonds. The average Bonchev–Trinajstić information content (AvgIpc) is 2.20. The molecule has 0 aromatic heterocycles. The van der Waals surface area contributed by atoms with E-state index in [9.17, 15) is 4.79 Å². The van der Waals surface area contributed by atoms with Crippen LogP contribution in [0, 0.1) is 11.3 Å². The minimum absolute atomic E-state index is 0.121. The van der Waals surface area contributed by atoms with Crippen molar-refractivity contribution in [3.8, 4) is 0 Å². The van der Waals surface area contributed by atoms with Crippen molar-refractivity contribution in [1.29, 1.82) is 0 Å². The summed E-state index contributed by atoms with van der Waals surface area (Å²) in [5.41, 5.74) is 1.24. The van der Waals surface area contributed by atoms with E-state index < -0.39 is 0 Å². The minimum atomic E-state index is -0.121. The van der Waals surface area contributed by atoms with Crippen LogP contribution in [0.1, 0.15) is 46.5 Å². The van der Waals surface area contributed by atoms with Gasteiger partial charge in [0.15, 0.2) is 0 Å². The fourth-order valence-electron chi connectivity index (χ4n) is 2.18. The molecule has 84 valence electrons. The number of allylic oxidation sites excluding steroid dienone is 4. The van der Waals surface area contributed by atoms with Crippen molar-refractivity contribution < 1.29 is 4.79 Å². The highest BCUT2D eigenvalue weighted by molar-refractivity contribution is 5.60. The van der Waals surface area contributed by atoms with E-state index in [0.29, 0.717) is 5.92 Å². The molecule has 0 fully saturated rings. The summed E-state index contributed by atoms with van der Waals surface area (Å²) in [6.45, 7) is 6.34. The summed E-state index contributed by atoms with van der Waals surface area (Å²) in [7, 11) is 0. The first-order valence-corrected chi connectivity index (χ1v) is 5.85. The van der Waals surface area contributed by atoms with Gasteiger partial charge in [-0.1, -0.05) is 30.7 Å². The van der Waals surface area contributed by atoms with Gasteiger partial charge in [0.2, 0.25) is 0 Å². The normalized spacial score (nSPS) is 29.9. The lowest BCUT2D eigenvalue weighted by Gasteiger charge is -2.33. The Bertz CT molecular complexity index is 271. The van der Waals surface area contributed by atoms with Crippen LogP contribution in [0.25, 0.3) is 0 Å². The Morgan fingerprint density at radius 3 is 2.87 bits per heavy atom. The SMILES string of the molecule is CC(C)=CCCC1C=CCCC1(C)C=O. The van der Waals surface area contributed by atoms with E-state index in [1.165, 1.54) is 5.57 Å². The van der Waals surface area contributed by atoms with Crippen molar-refractivity contribution in [1.82, 2.24) is 0 Å². The molecule has 0 radical (unpaired) electrons. The zero-order valence-electron chi connectivity index (χ0n) is 10.1. The third kappa shape index (κ3) is 3.33. The number of rotatable bonds is 4. The number of hydrogen-bond acceptors (Lipinski definition) is 1. The topological polar surface area (TPSA) is 17.1 Å². The predicted molar refractivity (Wildman–Crippen MR) is 64.7 cm³/mol. The van der Waals surface area contributed by atoms with Gasteiger partial charge in [-0.2, -0.15) is 0 Å². The largest absolute Gasteiger partial charge is 0.303 e. The number of carbonyl (C=O) groups excluding carboxylic acids is 1. The Morgan fingerprint density at radius 1 is 1.53 bits per heavy atom. The van der Waals surface area contributed by atoms with E-state index in [1.807, 2.05) is 0 Å². The van der Waals surface area contributed by atoms with Crippen molar-refractivity contribution in [3.63, 3.8) is 0 Å². The Hall–Kier alpha value is -0.850. The first-order valence-electron chi connectivity index (χ1n) is 5.85. The smallest absolute Gasteiger partial charge is 0.126 e. The van der Waals surface area contributed by atoms with Crippen LogP contribution in [0.15, 0.2) is 23.8 Å². The molecule has 1 rings (SSSR count). The maximum Gasteiger partial charge on any atom is 0.126 e. The highest BCUT2D eigenvalue weighted by atomic mass is 16.1. The third-order valence-corrected chi connectivity index (χ3v) is 3.36. The molecule has 1 heteroatoms. The van der Waals surface area contributed by atoms with Gasteiger partial charge >= 0.3 is 0 Å². The average molecular weight is 206 g/mol. The lowest BCUT2D eigenvalue weighted by Crippen LogP contribution is -2.29. The molecule has 2 unspecified atom stereocenters. The van der Waals surface area contributed by atoms with Gasteiger partial charge in [-0.3, -0.25) is 0 Å². The summed E-state index contributed by atoms with van der Waals surface area (Å²) in [5, 5.41) is 0. The third-order valence-electron chi connectivity index (χ3n) is 3.36. The van der Waals surface area contributed by atoms with Gasteiger partial charge in [0.05, 0.1) is 0 Å². The predicted octanol–water partition coefficient (Wildman–Crippen LogP) is 3.90. The molecule has 0 aliphatic heterocycles. The molecule has 0 aromatic carbocycles. The molecule has 1 aliphatic rings. The molecule has 0 saturated heterocycles. The van der Waals surface area contributed by atoms with Gasteiger partial charge < -0.3 is 4.79 Å². The molecule has 0 saturated carbocycles. The van der Waals surface area contributed by atoms with Gasteiger partial charge in [-0.15, -0.1) is 0 Å². The molecule has 0 bridgehead atoms. The molecule has 1 nitrogen and oxygen atoms in total. The summed E-state index contributed by atoms with van der Waals surface area (Å²) < 4.78 is 0. The highest BCUT2D eigenvalue weighted by Gasteiger charge is 2.32. The van der Waals surface area contributed by atoms with Crippen molar-refractivity contribution in [2.75, 3.05) is 0 Å². The summed E-state index contributed by atoms with van der Waals surface area (Å²) in [4.78, 5) is 11.1. The molecular formula is C14H22O. The van der Waals surface area contributed by atoms with Crippen molar-refractivity contribution >= 4 is 6.29 Å². The van der Waals surface area contributed by atoms with Crippen LogP contribution < -0.4 is 0 Å². The van der Waals surface area contributed by atoms with Crippen LogP contribution >= 0.6 is 0 Å². The Morgan fingerprint density at radius 2 is 2.27 bits per heavy atom. The van der Waals surface area contributed by atoms with Gasteiger partial charge in [0.1, 0.15) is 6.29 Å². The Balaban J connectivity index is 2.58. The summed E-state index contributed by atoms with van der Waals surface area (Å²) >= 11 is 0. The molecule has 15 heavy (non-hydrogen) atoms. The maximum atomic E-state index is 11.1. The Kier molecular flexibility index (Phi) is 4.31. The summed E-state index contributed by atoms with van der Waals surface area (Å²) in [6, 6.07) is 0. The van der Waals surface area contributed by atoms with E-state index in [-0.39, 0.29) is 5.41 Å². The van der Waals surface area contributed by atoms with Crippen LogP contribution in [0.2, 0.25) is 0 Å². The zero-order valence-corrected chi connectivity index (χ0v) is 10.1. The molecule has 0 N–H and O–H groups in total. The summed E-state index contributed by atoms with van der Waals surface area (Å²) in [5.74, 6) is 0.430. The lowest BCUT2D eigenvalue weighted by atomic mass is 9.70. The molecular weight excluding hydrogens is 184 g/mol. The number of aldehydes is 1. The van der Waals surface area contributed by atoms with Crippen LogP contribution in [0.3, 0.4) is 0 Å². The van der Waals surface area contributed by atoms with Crippen molar-refractivity contribution in [2.45, 2.75) is 46.5 Å². The standard InChI is InChI=1S/C14H22O/c1-12(2)7-6-9-13-8-4-5-10-14(13,3)11-15/h4,7-8,11,13H,5-6,9-10H2,1-3H3. The van der Waals surface area contributed by atoms with E-state index in [2.05, 4.69) is 39.0 Å². The van der Waals surface area contributed by atoms with E-state index in [4.69, 9.17) is 0 Å². The summed E-state index contributed by atoms with van der Waals surface area (Å²) in [6.07, 6.45) is 12.1. The second-order valence-electron chi connectivity index (χ2n) is 5.06. The maximum absolute atomic E-state index is 11.1. The van der Waals surface area contributed by atoms with E-state index in [1.54, 1.807) is 0 Å². The number of hydrogen-bond donors (Lipinski definition) is 0. The fourth-order valence-corrected chi connectivity index (χ4v) is 2.18. The second-order valence-corrected chi connectivity index (χ2v) is 5.06. The van der Waals surface area contributed by atoms with Crippen molar-refractivity contribution in [2.24, 2.45) is 11.3 Å². The van der Waals surface area contributed by atoms with Crippen LogP contribution in [0.5, 0.6) is 0 Å². The molecule has 0 heterocycles. The van der Waals surface area contributed by atoms with Crippen LogP contribution in [0.4, 0.5) is 0 Å². The molecule has 2 atom stereocenters. The minimum Gasteiger partial charge on any atom is -0.303 e. The van der Waals surface area contributed by atoms with Gasteiger partial charge in [0, 0.05) is 5.41 Å². The molecule has 0 spiro atoms. The van der Waals surface area contributed by atoms with Crippen LogP contribution in [-0.2, 0) is 4.79 Å². The molecule has 0 aromatic rings. The number of carbonyl (C=O) groups is 1. The van der Waals surface area contributed by atoms with E-state index >= 15 is 0 Å². The highest BCUT2D eigenvalue weighted by Crippen LogP contribution is 2.38. The van der Waals surface area contributed by atoms with Gasteiger partial charge in [0.25, 0.3) is 0 Å². The first-order chi connectivity index (χ1) is 7.08.